The van der Waals surface area contributed by atoms with Crippen LogP contribution in [0, 0.1) is 5.92 Å². The molecule has 5 heteroatoms. The molecule has 1 rings (SSSR count). The fourth-order valence-corrected chi connectivity index (χ4v) is 5.41. The van der Waals surface area contributed by atoms with Crippen molar-refractivity contribution >= 4 is 55.0 Å². The molecule has 1 aliphatic rings. The summed E-state index contributed by atoms with van der Waals surface area (Å²) in [6.45, 7) is 2.20. The van der Waals surface area contributed by atoms with Gasteiger partial charge in [-0.3, -0.25) is 0 Å². The van der Waals surface area contributed by atoms with E-state index in [-0.39, 0.29) is 6.51 Å². The predicted molar refractivity (Wildman–Crippen MR) is 72.2 cm³/mol. The molecule has 0 atom stereocenters. The summed E-state index contributed by atoms with van der Waals surface area (Å²) < 4.78 is 23.3. The number of hydrogen-bond donors (Lipinski definition) is 0. The Morgan fingerprint density at radius 1 is 1.15 bits per heavy atom. The summed E-state index contributed by atoms with van der Waals surface area (Å²) in [5.41, 5.74) is 0. The van der Waals surface area contributed by atoms with Gasteiger partial charge in [-0.25, -0.2) is 8.42 Å². The second-order valence-electron chi connectivity index (χ2n) is 3.73. The van der Waals surface area contributed by atoms with Gasteiger partial charge in [0.1, 0.15) is 0 Å². The molecule has 0 saturated heterocycles. The molecule has 0 heterocycles. The Kier molecular flexibility index (Phi) is 4.76. The van der Waals surface area contributed by atoms with Crippen LogP contribution in [0.1, 0.15) is 32.6 Å². The standard InChI is InChI=1S/C8H14I2O2S/c1-6-2-4-7(5-3-6)13(11,12)8(9)10/h6-8H,2-5H2,1H3. The molecule has 0 aromatic rings. The van der Waals surface area contributed by atoms with Gasteiger partial charge in [0.2, 0.25) is 0 Å². The van der Waals surface area contributed by atoms with E-state index in [9.17, 15) is 8.42 Å². The van der Waals surface area contributed by atoms with Gasteiger partial charge < -0.3 is 0 Å². The first kappa shape index (κ1) is 12.5. The molecule has 13 heavy (non-hydrogen) atoms. The second-order valence-corrected chi connectivity index (χ2v) is 12.6. The molecule has 0 amide bonds. The number of rotatable bonds is 2. The van der Waals surface area contributed by atoms with E-state index in [1.54, 1.807) is 0 Å². The van der Waals surface area contributed by atoms with Crippen LogP contribution >= 0.6 is 45.2 Å². The van der Waals surface area contributed by atoms with E-state index >= 15 is 0 Å². The molecule has 0 N–H and O–H groups in total. The van der Waals surface area contributed by atoms with E-state index in [0.717, 1.165) is 25.7 Å². The van der Waals surface area contributed by atoms with Crippen molar-refractivity contribution in [2.45, 2.75) is 39.1 Å². The Morgan fingerprint density at radius 2 is 1.62 bits per heavy atom. The molecule has 0 unspecified atom stereocenters. The molecule has 2 nitrogen and oxygen atoms in total. The van der Waals surface area contributed by atoms with Crippen LogP contribution in [-0.4, -0.2) is 14.9 Å². The summed E-state index contributed by atoms with van der Waals surface area (Å²) in [6.07, 6.45) is 3.88. The molecule has 0 aromatic heterocycles. The van der Waals surface area contributed by atoms with Crippen LogP contribution in [0.3, 0.4) is 0 Å². The minimum Gasteiger partial charge on any atom is -0.227 e. The Bertz CT molecular complexity index is 253. The highest BCUT2D eigenvalue weighted by atomic mass is 127. The van der Waals surface area contributed by atoms with Crippen LogP contribution in [0.5, 0.6) is 0 Å². The quantitative estimate of drug-likeness (QED) is 0.501. The molecule has 0 bridgehead atoms. The van der Waals surface area contributed by atoms with Gasteiger partial charge in [0.25, 0.3) is 0 Å². The molecule has 0 radical (unpaired) electrons. The minimum absolute atomic E-state index is 0.0671. The van der Waals surface area contributed by atoms with Crippen molar-refractivity contribution in [3.05, 3.63) is 0 Å². The zero-order chi connectivity index (χ0) is 10.1. The van der Waals surface area contributed by atoms with Crippen molar-refractivity contribution in [1.82, 2.24) is 0 Å². The first-order valence-electron chi connectivity index (χ1n) is 4.45. The Morgan fingerprint density at radius 3 is 2.00 bits per heavy atom. The van der Waals surface area contributed by atoms with Crippen LogP contribution in [0.4, 0.5) is 0 Å². The van der Waals surface area contributed by atoms with E-state index in [0.29, 0.717) is 5.92 Å². The van der Waals surface area contributed by atoms with Gasteiger partial charge in [-0.1, -0.05) is 52.1 Å². The first-order valence-corrected chi connectivity index (χ1v) is 8.55. The lowest BCUT2D eigenvalue weighted by Crippen LogP contribution is -2.29. The number of halogens is 2. The summed E-state index contributed by atoms with van der Waals surface area (Å²) in [6, 6.07) is 0. The number of alkyl halides is 2. The van der Waals surface area contributed by atoms with Gasteiger partial charge in [0.05, 0.1) is 5.25 Å². The SMILES string of the molecule is CC1CCC(S(=O)(=O)C(I)I)CC1. The zero-order valence-electron chi connectivity index (χ0n) is 7.54. The molecule has 1 aliphatic carbocycles. The van der Waals surface area contributed by atoms with Crippen LogP contribution in [0.2, 0.25) is 0 Å². The maximum absolute atomic E-state index is 11.8. The van der Waals surface area contributed by atoms with Crippen LogP contribution in [0.15, 0.2) is 0 Å². The topological polar surface area (TPSA) is 34.1 Å². The summed E-state index contributed by atoms with van der Waals surface area (Å²) in [5.74, 6) is 0.716. The second kappa shape index (κ2) is 4.96. The van der Waals surface area contributed by atoms with Gasteiger partial charge in [-0.2, -0.15) is 0 Å². The van der Waals surface area contributed by atoms with Crippen molar-refractivity contribution in [2.24, 2.45) is 5.92 Å². The van der Waals surface area contributed by atoms with Gasteiger partial charge in [-0.15, -0.1) is 0 Å². The van der Waals surface area contributed by atoms with Crippen LogP contribution < -0.4 is 0 Å². The predicted octanol–water partition coefficient (Wildman–Crippen LogP) is 3.13. The lowest BCUT2D eigenvalue weighted by atomic mass is 9.91. The average Bonchev–Trinajstić information content (AvgIpc) is 2.04. The lowest BCUT2D eigenvalue weighted by Gasteiger charge is -2.26. The smallest absolute Gasteiger partial charge is 0.174 e. The minimum atomic E-state index is -2.85. The number of sulfone groups is 1. The summed E-state index contributed by atoms with van der Waals surface area (Å²) in [5, 5.41) is -0.0671. The lowest BCUT2D eigenvalue weighted by molar-refractivity contribution is 0.383. The third kappa shape index (κ3) is 3.19. The maximum Gasteiger partial charge on any atom is 0.174 e. The molecular formula is C8H14I2O2S. The summed E-state index contributed by atoms with van der Waals surface area (Å²) in [4.78, 5) is 0. The van der Waals surface area contributed by atoms with Crippen LogP contribution in [0.25, 0.3) is 0 Å². The van der Waals surface area contributed by atoms with Crippen molar-refractivity contribution in [1.29, 1.82) is 0 Å². The molecule has 1 fully saturated rings. The maximum atomic E-state index is 11.8. The normalized spacial score (nSPS) is 30.8. The molecule has 78 valence electrons. The first-order chi connectivity index (χ1) is 5.94. The van der Waals surface area contributed by atoms with Crippen molar-refractivity contribution in [3.8, 4) is 0 Å². The molecule has 0 spiro atoms. The van der Waals surface area contributed by atoms with Gasteiger partial charge in [-0.05, 0) is 31.6 Å². The van der Waals surface area contributed by atoms with Crippen molar-refractivity contribution in [3.63, 3.8) is 0 Å². The fourth-order valence-electron chi connectivity index (χ4n) is 1.70. The number of hydrogen-bond acceptors (Lipinski definition) is 2. The summed E-state index contributed by atoms with van der Waals surface area (Å²) in [7, 11) is -2.85. The van der Waals surface area contributed by atoms with E-state index < -0.39 is 9.84 Å². The Labute approximate surface area is 107 Å². The fraction of sp³-hybridized carbons (Fsp3) is 1.00. The van der Waals surface area contributed by atoms with E-state index in [4.69, 9.17) is 0 Å². The van der Waals surface area contributed by atoms with Gasteiger partial charge >= 0.3 is 0 Å². The Balaban J connectivity index is 2.64. The molecule has 0 aliphatic heterocycles. The molecular weight excluding hydrogens is 414 g/mol. The Hall–Kier alpha value is 1.41. The average molecular weight is 428 g/mol. The summed E-state index contributed by atoms with van der Waals surface area (Å²) >= 11 is 3.98. The van der Waals surface area contributed by atoms with Gasteiger partial charge in [0, 0.05) is 0 Å². The highest BCUT2D eigenvalue weighted by Crippen LogP contribution is 2.33. The van der Waals surface area contributed by atoms with E-state index in [1.165, 1.54) is 0 Å². The largest absolute Gasteiger partial charge is 0.227 e. The van der Waals surface area contributed by atoms with E-state index in [1.807, 2.05) is 45.2 Å². The van der Waals surface area contributed by atoms with Gasteiger partial charge in [0.15, 0.2) is 11.1 Å². The highest BCUT2D eigenvalue weighted by Gasteiger charge is 2.33. The van der Waals surface area contributed by atoms with Crippen molar-refractivity contribution in [2.75, 3.05) is 0 Å². The van der Waals surface area contributed by atoms with Crippen molar-refractivity contribution < 1.29 is 8.42 Å². The third-order valence-electron chi connectivity index (χ3n) is 2.68. The third-order valence-corrected chi connectivity index (χ3v) is 8.83. The highest BCUT2D eigenvalue weighted by molar-refractivity contribution is 14.2. The molecule has 1 saturated carbocycles. The monoisotopic (exact) mass is 428 g/mol. The van der Waals surface area contributed by atoms with Crippen LogP contribution in [-0.2, 0) is 9.84 Å². The molecule has 0 aromatic carbocycles. The van der Waals surface area contributed by atoms with E-state index in [2.05, 4.69) is 6.92 Å². The zero-order valence-corrected chi connectivity index (χ0v) is 12.7.